The Bertz CT molecular complexity index is 1540. The van der Waals surface area contributed by atoms with Crippen LogP contribution in [0.25, 0.3) is 0 Å². The molecule has 0 bridgehead atoms. The summed E-state index contributed by atoms with van der Waals surface area (Å²) in [6.45, 7) is 7.01. The van der Waals surface area contributed by atoms with Gasteiger partial charge in [0.15, 0.2) is 0 Å². The SMILES string of the molecule is CCCCC/C=C\C/C=C\C/C=C\C/C=C\CCCCCCCCCCCC(=O)NC(COP(=O)(O)OCC[N+](C)(C)C)C(/C=C\CCCCCCCCCCCCC)OC(=O)CCCCCCCCCCCCCCCCC. The molecule has 0 aliphatic carbocycles. The normalized spacial score (nSPS) is 14.0. The molecular weight excluding hydrogens is 1000 g/mol. The van der Waals surface area contributed by atoms with Gasteiger partial charge in [-0.3, -0.25) is 18.6 Å². The third-order valence-electron chi connectivity index (χ3n) is 15.0. The molecule has 0 saturated carbocycles. The number of allylic oxidation sites excluding steroid dienone is 9. The lowest BCUT2D eigenvalue weighted by Crippen LogP contribution is -2.47. The molecule has 0 aromatic heterocycles. The van der Waals surface area contributed by atoms with Crippen LogP contribution in [0.1, 0.15) is 316 Å². The number of amides is 1. The number of likely N-dealkylation sites (N-methyl/N-ethyl adjacent to an activating group) is 1. The van der Waals surface area contributed by atoms with Crippen LogP contribution in [0.3, 0.4) is 0 Å². The minimum Gasteiger partial charge on any atom is -0.456 e. The number of nitrogens with one attached hydrogen (secondary N) is 1. The molecule has 2 N–H and O–H groups in total. The summed E-state index contributed by atoms with van der Waals surface area (Å²) in [5, 5.41) is 3.07. The van der Waals surface area contributed by atoms with E-state index in [0.717, 1.165) is 89.9 Å². The topological polar surface area (TPSA) is 111 Å². The van der Waals surface area contributed by atoms with Crippen molar-refractivity contribution >= 4 is 19.7 Å². The quantitative estimate of drug-likeness (QED) is 0.0205. The van der Waals surface area contributed by atoms with E-state index in [1.54, 1.807) is 0 Å². The summed E-state index contributed by atoms with van der Waals surface area (Å²) in [7, 11) is 1.50. The molecule has 9 nitrogen and oxygen atoms in total. The molecule has 0 fully saturated rings. The van der Waals surface area contributed by atoms with E-state index in [0.29, 0.717) is 23.9 Å². The summed E-state index contributed by atoms with van der Waals surface area (Å²) in [6.07, 6.45) is 75.0. The smallest absolute Gasteiger partial charge is 0.456 e. The number of hydrogen-bond acceptors (Lipinski definition) is 6. The molecule has 1 amide bonds. The van der Waals surface area contributed by atoms with Crippen molar-refractivity contribution in [3.8, 4) is 0 Å². The van der Waals surface area contributed by atoms with Gasteiger partial charge in [-0.1, -0.05) is 287 Å². The van der Waals surface area contributed by atoms with Crippen molar-refractivity contribution in [3.05, 3.63) is 60.8 Å². The summed E-state index contributed by atoms with van der Waals surface area (Å²) < 4.78 is 30.8. The minimum atomic E-state index is -4.45. The predicted octanol–water partition coefficient (Wildman–Crippen LogP) is 21.0. The number of hydrogen-bond donors (Lipinski definition) is 2. The molecule has 0 heterocycles. The first-order valence-electron chi connectivity index (χ1n) is 33.6. The molecule has 0 aromatic carbocycles. The summed E-state index contributed by atoms with van der Waals surface area (Å²) >= 11 is 0. The van der Waals surface area contributed by atoms with E-state index in [9.17, 15) is 19.0 Å². The van der Waals surface area contributed by atoms with Crippen molar-refractivity contribution in [1.29, 1.82) is 0 Å². The van der Waals surface area contributed by atoms with Crippen LogP contribution in [-0.4, -0.2) is 74.3 Å². The van der Waals surface area contributed by atoms with Crippen LogP contribution < -0.4 is 5.32 Å². The first kappa shape index (κ1) is 76.7. The molecule has 3 unspecified atom stereocenters. The van der Waals surface area contributed by atoms with Crippen molar-refractivity contribution in [2.24, 2.45) is 0 Å². The molecule has 10 heteroatoms. The fraction of sp³-hybridized carbons (Fsp3) is 0.826. The molecule has 0 radical (unpaired) electrons. The fourth-order valence-corrected chi connectivity index (χ4v) is 10.5. The summed E-state index contributed by atoms with van der Waals surface area (Å²) in [6, 6.07) is -0.851. The molecule has 3 atom stereocenters. The second kappa shape index (κ2) is 58.9. The zero-order valence-corrected chi connectivity index (χ0v) is 53.8. The van der Waals surface area contributed by atoms with E-state index < -0.39 is 20.0 Å². The lowest BCUT2D eigenvalue weighted by Gasteiger charge is -2.27. The predicted molar refractivity (Wildman–Crippen MR) is 342 cm³/mol. The molecule has 462 valence electrons. The Morgan fingerprint density at radius 2 is 0.772 bits per heavy atom. The van der Waals surface area contributed by atoms with Crippen LogP contribution in [-0.2, 0) is 27.9 Å². The number of nitrogens with zero attached hydrogens (tertiary/aromatic N) is 1. The van der Waals surface area contributed by atoms with Gasteiger partial charge in [0.05, 0.1) is 33.8 Å². The van der Waals surface area contributed by atoms with Crippen LogP contribution in [0.15, 0.2) is 60.8 Å². The molecule has 0 rings (SSSR count). The number of quaternary nitrogens is 1. The number of phosphoric ester groups is 1. The maximum absolute atomic E-state index is 13.6. The van der Waals surface area contributed by atoms with Crippen LogP contribution in [0.4, 0.5) is 0 Å². The Hall–Kier alpha value is -2.29. The molecule has 0 saturated heterocycles. The van der Waals surface area contributed by atoms with E-state index in [-0.39, 0.29) is 25.1 Å². The van der Waals surface area contributed by atoms with Crippen molar-refractivity contribution < 1.29 is 37.3 Å². The zero-order valence-electron chi connectivity index (χ0n) is 52.9. The Morgan fingerprint density at radius 3 is 1.18 bits per heavy atom. The van der Waals surface area contributed by atoms with Gasteiger partial charge in [-0.25, -0.2) is 4.57 Å². The van der Waals surface area contributed by atoms with E-state index >= 15 is 0 Å². The maximum Gasteiger partial charge on any atom is 0.472 e. The first-order valence-corrected chi connectivity index (χ1v) is 35.1. The molecule has 0 spiro atoms. The average molecular weight is 1130 g/mol. The van der Waals surface area contributed by atoms with Crippen LogP contribution in [0.5, 0.6) is 0 Å². The van der Waals surface area contributed by atoms with Crippen LogP contribution in [0, 0.1) is 0 Å². The maximum atomic E-state index is 13.6. The number of rotatable bonds is 61. The van der Waals surface area contributed by atoms with Gasteiger partial charge in [-0.2, -0.15) is 0 Å². The van der Waals surface area contributed by atoms with E-state index in [4.69, 9.17) is 13.8 Å². The highest BCUT2D eigenvalue weighted by Gasteiger charge is 2.30. The van der Waals surface area contributed by atoms with Crippen molar-refractivity contribution in [2.75, 3.05) is 40.9 Å². The molecular formula is C69H130N2O7P+. The van der Waals surface area contributed by atoms with E-state index in [1.807, 2.05) is 33.3 Å². The Balaban J connectivity index is 5.14. The highest BCUT2D eigenvalue weighted by atomic mass is 31.2. The average Bonchev–Trinajstić information content (AvgIpc) is 3.41. The number of ether oxygens (including phenoxy) is 1. The lowest BCUT2D eigenvalue weighted by molar-refractivity contribution is -0.870. The van der Waals surface area contributed by atoms with Gasteiger partial charge in [0.25, 0.3) is 0 Å². The Kier molecular flexibility index (Phi) is 57.2. The van der Waals surface area contributed by atoms with E-state index in [2.05, 4.69) is 74.7 Å². The van der Waals surface area contributed by atoms with Gasteiger partial charge in [0.1, 0.15) is 19.3 Å². The third kappa shape index (κ3) is 60.1. The van der Waals surface area contributed by atoms with Crippen LogP contribution >= 0.6 is 7.82 Å². The van der Waals surface area contributed by atoms with Crippen LogP contribution in [0.2, 0.25) is 0 Å². The first-order chi connectivity index (χ1) is 38.4. The third-order valence-corrected chi connectivity index (χ3v) is 15.9. The van der Waals surface area contributed by atoms with Crippen molar-refractivity contribution in [2.45, 2.75) is 328 Å². The van der Waals surface area contributed by atoms with Gasteiger partial charge in [0.2, 0.25) is 5.91 Å². The highest BCUT2D eigenvalue weighted by Crippen LogP contribution is 2.43. The van der Waals surface area contributed by atoms with Gasteiger partial charge in [-0.15, -0.1) is 0 Å². The molecule has 0 aliphatic heterocycles. The van der Waals surface area contributed by atoms with Gasteiger partial charge >= 0.3 is 13.8 Å². The van der Waals surface area contributed by atoms with Gasteiger partial charge < -0.3 is 19.4 Å². The fourth-order valence-electron chi connectivity index (χ4n) is 9.75. The number of phosphoric acid groups is 1. The Morgan fingerprint density at radius 1 is 0.443 bits per heavy atom. The minimum absolute atomic E-state index is 0.0393. The number of carbonyl (C=O) groups is 2. The number of carbonyl (C=O) groups excluding carboxylic acids is 2. The number of esters is 1. The molecule has 79 heavy (non-hydrogen) atoms. The monoisotopic (exact) mass is 1130 g/mol. The lowest BCUT2D eigenvalue weighted by atomic mass is 10.0. The van der Waals surface area contributed by atoms with Gasteiger partial charge in [-0.05, 0) is 76.7 Å². The second-order valence-corrected chi connectivity index (χ2v) is 25.5. The van der Waals surface area contributed by atoms with Crippen molar-refractivity contribution in [3.63, 3.8) is 0 Å². The summed E-state index contributed by atoms with van der Waals surface area (Å²) in [4.78, 5) is 37.8. The van der Waals surface area contributed by atoms with E-state index in [1.165, 1.54) is 193 Å². The second-order valence-electron chi connectivity index (χ2n) is 24.0. The highest BCUT2D eigenvalue weighted by molar-refractivity contribution is 7.47. The summed E-state index contributed by atoms with van der Waals surface area (Å²) in [5.41, 5.74) is 0. The summed E-state index contributed by atoms with van der Waals surface area (Å²) in [5.74, 6) is -0.500. The molecule has 0 aromatic rings. The zero-order chi connectivity index (χ0) is 57.9. The Labute approximate surface area is 490 Å². The van der Waals surface area contributed by atoms with Crippen molar-refractivity contribution in [1.82, 2.24) is 5.32 Å². The largest absolute Gasteiger partial charge is 0.472 e. The standard InChI is InChI=1S/C69H129N2O7P/c1-7-10-13-16-19-22-25-28-30-31-32-33-34-35-36-37-38-39-41-43-46-49-52-55-58-61-68(72)70-66(65-77-79(74,75)76-64-63-71(4,5)6)67(60-57-54-51-48-45-42-27-24-21-18-15-12-9-3)78-69(73)62-59-56-53-50-47-44-40-29-26-23-20-17-14-11-8-2/h19,22,28,30,32-33,35-36,57,60,66-67H,7-18,20-21,23-27,29,31,34,37-56,58-59,61-65H2,1-6H3,(H-,70,72,74,75)/p+1/b22-19-,30-28-,33-32-,36-35-,60-57-. The molecule has 0 aliphatic rings. The van der Waals surface area contributed by atoms with Gasteiger partial charge in [0, 0.05) is 12.8 Å². The number of unbranched alkanes of at least 4 members (excludes halogenated alkanes) is 37.